The van der Waals surface area contributed by atoms with Crippen LogP contribution in [0, 0.1) is 10.1 Å². The van der Waals surface area contributed by atoms with Gasteiger partial charge >= 0.3 is 0 Å². The minimum Gasteiger partial charge on any atom is -0.258 e. The highest BCUT2D eigenvalue weighted by atomic mass is 16.6. The molecule has 0 amide bonds. The van der Waals surface area contributed by atoms with Gasteiger partial charge in [0.15, 0.2) is 0 Å². The van der Waals surface area contributed by atoms with Gasteiger partial charge in [0.05, 0.1) is 33.6 Å². The molecule has 2 spiro atoms. The molecule has 2 heterocycles. The van der Waals surface area contributed by atoms with Gasteiger partial charge < -0.3 is 0 Å². The van der Waals surface area contributed by atoms with E-state index in [9.17, 15) is 10.1 Å². The lowest BCUT2D eigenvalue weighted by Crippen LogP contribution is -2.64. The van der Waals surface area contributed by atoms with E-state index in [0.29, 0.717) is 0 Å². The Hall–Kier alpha value is -10.8. The largest absolute Gasteiger partial charge is 0.269 e. The smallest absolute Gasteiger partial charge is 0.258 e. The predicted octanol–water partition coefficient (Wildman–Crippen LogP) is 18.8. The second kappa shape index (κ2) is 7.80. The third kappa shape index (κ3) is 1.92. The molecular formula is C76H13N5O2. The van der Waals surface area contributed by atoms with Crippen molar-refractivity contribution in [2.75, 3.05) is 5.01 Å². The summed E-state index contributed by atoms with van der Waals surface area (Å²) in [6.45, 7) is 0. The number of nitrogens with zero attached hydrogens (tertiary/aromatic N) is 5. The second-order valence-corrected chi connectivity index (χ2v) is 28.6. The first-order chi connectivity index (χ1) is 41.2. The second-order valence-electron chi connectivity index (χ2n) is 28.6. The molecule has 0 saturated carbocycles. The van der Waals surface area contributed by atoms with E-state index >= 15 is 0 Å². The molecule has 1 aromatic heterocycles. The van der Waals surface area contributed by atoms with Crippen LogP contribution >= 0.6 is 0 Å². The monoisotopic (exact) mass is 1030 g/mol. The first kappa shape index (κ1) is 32.5. The van der Waals surface area contributed by atoms with Gasteiger partial charge in [-0.2, -0.15) is 10.2 Å². The van der Waals surface area contributed by atoms with Crippen LogP contribution < -0.4 is 5.01 Å². The minimum atomic E-state index is -0.828. The Morgan fingerprint density at radius 3 is 1.14 bits per heavy atom. The summed E-state index contributed by atoms with van der Waals surface area (Å²) >= 11 is 0. The molecule has 1 aliphatic heterocycles. The highest BCUT2D eigenvalue weighted by molar-refractivity contribution is 6.81. The maximum Gasteiger partial charge on any atom is 0.269 e. The van der Waals surface area contributed by atoms with Crippen molar-refractivity contribution in [3.8, 4) is 5.69 Å². The molecule has 28 aromatic carbocycles. The summed E-state index contributed by atoms with van der Waals surface area (Å²) in [5.41, 5.74) is 11.9. The summed E-state index contributed by atoms with van der Waals surface area (Å²) in [5, 5.41) is 106. The van der Waals surface area contributed by atoms with Crippen LogP contribution in [-0.2, 0) is 11.0 Å². The minimum absolute atomic E-state index is 0.0773. The number of hydrogen-bond acceptors (Lipinski definition) is 5. The number of nitro benzene ring substituents is 1. The van der Waals surface area contributed by atoms with Crippen LogP contribution in [0.5, 0.6) is 0 Å². The van der Waals surface area contributed by atoms with Crippen LogP contribution in [0.1, 0.15) is 50.9 Å². The maximum atomic E-state index is 12.8. The molecular weight excluding hydrogens is 1010 g/mol. The number of aromatic nitrogens is 2. The zero-order chi connectivity index (χ0) is 50.3. The molecule has 0 N–H and O–H groups in total. The molecule has 83 heavy (non-hydrogen) atoms. The van der Waals surface area contributed by atoms with Gasteiger partial charge in [0.25, 0.3) is 5.69 Å². The van der Waals surface area contributed by atoms with Gasteiger partial charge in [0.2, 0.25) is 0 Å². The van der Waals surface area contributed by atoms with Gasteiger partial charge in [-0.3, -0.25) is 15.1 Å². The summed E-state index contributed by atoms with van der Waals surface area (Å²) in [6, 6.07) is 20.7. The number of para-hydroxylation sites is 1. The highest BCUT2D eigenvalue weighted by Crippen LogP contribution is 2.89. The van der Waals surface area contributed by atoms with Crippen molar-refractivity contribution >= 4 is 286 Å². The van der Waals surface area contributed by atoms with Crippen molar-refractivity contribution in [1.82, 2.24) is 9.78 Å². The molecule has 6 aliphatic carbocycles. The van der Waals surface area contributed by atoms with Crippen LogP contribution in [0.4, 0.5) is 11.4 Å². The van der Waals surface area contributed by atoms with Crippen molar-refractivity contribution < 1.29 is 4.92 Å². The molecule has 354 valence electrons. The molecule has 36 rings (SSSR count). The molecule has 7 aliphatic rings. The van der Waals surface area contributed by atoms with E-state index in [2.05, 4.69) is 58.2 Å². The maximum absolute atomic E-state index is 12.8. The number of hydrogen-bond donors (Lipinski definition) is 0. The van der Waals surface area contributed by atoms with Crippen molar-refractivity contribution in [3.63, 3.8) is 0 Å². The first-order valence-corrected chi connectivity index (χ1v) is 30.0. The fourth-order valence-corrected chi connectivity index (χ4v) is 27.4. The van der Waals surface area contributed by atoms with Crippen molar-refractivity contribution in [3.05, 3.63) is 116 Å². The Balaban J connectivity index is 1.01. The molecule has 29 aromatic rings. The number of nitro groups is 1. The van der Waals surface area contributed by atoms with E-state index < -0.39 is 11.0 Å². The number of hydrazone groups is 1. The Labute approximate surface area is 453 Å². The third-order valence-corrected chi connectivity index (χ3v) is 27.9. The van der Waals surface area contributed by atoms with Gasteiger partial charge in [-0.25, -0.2) is 4.68 Å². The van der Waals surface area contributed by atoms with E-state index in [1.165, 1.54) is 48.8 Å². The lowest BCUT2D eigenvalue weighted by molar-refractivity contribution is -0.384. The molecule has 0 bridgehead atoms. The van der Waals surface area contributed by atoms with Gasteiger partial charge in [-0.1, -0.05) is 18.2 Å². The Bertz CT molecular complexity index is 8390. The van der Waals surface area contributed by atoms with E-state index in [1.807, 2.05) is 6.20 Å². The van der Waals surface area contributed by atoms with E-state index in [4.69, 9.17) is 10.2 Å². The van der Waals surface area contributed by atoms with Gasteiger partial charge in [-0.15, -0.1) is 0 Å². The number of non-ortho nitro benzene ring substituents is 1. The van der Waals surface area contributed by atoms with E-state index in [1.54, 1.807) is 266 Å². The fourth-order valence-electron chi connectivity index (χ4n) is 27.4. The summed E-state index contributed by atoms with van der Waals surface area (Å²) in [5.74, 6) is -0.179. The van der Waals surface area contributed by atoms with Crippen molar-refractivity contribution in [2.45, 2.75) is 22.8 Å². The van der Waals surface area contributed by atoms with Gasteiger partial charge in [0, 0.05) is 24.0 Å². The molecule has 0 fully saturated rings. The highest BCUT2D eigenvalue weighted by Gasteiger charge is 2.82. The number of anilines is 1. The van der Waals surface area contributed by atoms with Crippen LogP contribution in [-0.4, -0.2) is 20.4 Å². The van der Waals surface area contributed by atoms with Crippen molar-refractivity contribution in [2.24, 2.45) is 5.10 Å². The topological polar surface area (TPSA) is 76.6 Å². The Kier molecular flexibility index (Phi) is 3.05. The summed E-state index contributed by atoms with van der Waals surface area (Å²) < 4.78 is 2.22. The van der Waals surface area contributed by atoms with Crippen LogP contribution in [0.25, 0.3) is 275 Å². The predicted molar refractivity (Wildman–Crippen MR) is 336 cm³/mol. The molecule has 0 radical (unpaired) electrons. The molecule has 0 saturated heterocycles. The zero-order valence-corrected chi connectivity index (χ0v) is 42.1. The van der Waals surface area contributed by atoms with Crippen LogP contribution in [0.15, 0.2) is 72.0 Å². The molecule has 7 nitrogen and oxygen atoms in total. The molecule has 4 unspecified atom stereocenters. The van der Waals surface area contributed by atoms with Crippen molar-refractivity contribution in [1.29, 1.82) is 0 Å². The number of benzene rings is 18. The Morgan fingerprint density at radius 1 is 0.349 bits per heavy atom. The van der Waals surface area contributed by atoms with Gasteiger partial charge in [-0.05, 0) is 333 Å². The lowest BCUT2D eigenvalue weighted by Gasteiger charge is -2.58. The average Bonchev–Trinajstić information content (AvgIpc) is 1.39. The summed E-state index contributed by atoms with van der Waals surface area (Å²) in [7, 11) is 0. The Morgan fingerprint density at radius 2 is 0.699 bits per heavy atom. The van der Waals surface area contributed by atoms with E-state index in [0.717, 1.165) is 22.8 Å². The summed E-state index contributed by atoms with van der Waals surface area (Å²) in [6.07, 6.45) is 2.03. The van der Waals surface area contributed by atoms with Crippen LogP contribution in [0.3, 0.4) is 0 Å². The molecule has 7 heteroatoms. The zero-order valence-electron chi connectivity index (χ0n) is 42.1. The third-order valence-electron chi connectivity index (χ3n) is 27.9. The molecule has 4 atom stereocenters. The summed E-state index contributed by atoms with van der Waals surface area (Å²) in [4.78, 5) is 12.6. The standard InChI is InChI=1S/C76H13N5O2/c82-81(83)14-8-6-13(7-9-14)80-76-72-66-60-50-38-30-22-18-16-17-20-24(22)32(38)42-36-28(20)29-21(17)25-23-19(16)27-26(18)34-40(30)48-54-44(34)45-35(27)41-31(23)39-33(25)43-37(29)47-46(36)58(52(42)60)68(72)69-59(47)53(43)61-51(39)57-49(41)55(45)63-62(54)70(64(66)56(48)50)75(76,71(63)65(57)67(61)73(69)76)74(78-80)15-10-11-77-79(15)12-4-2-1-3-5-12/h1-11,70,72H. The SMILES string of the molecule is O=[N+]([O-])c1ccc(N2N=C(c3ccnn3-c3ccccc3)C34c5c6c7c8c9c%10c(c%11c%12c%13c%14c%15c%16c(c%17c5c5c%18c6c6c8c8c9c9c(c%10%12)c%10c%13c%12c%14c%13c%16c%14c%17c5c5c%16c%18c6c6c8c8c9c%10c9c%12c%10c%13c%14c5c5c%16c6c8c9c%105)C23C%11%15)C74)cc1. The average molecular weight is 1030 g/mol. The quantitative estimate of drug-likeness (QED) is 0.1000. The normalized spacial score (nSPS) is 22.9. The fraction of sp³-hybridized carbons (Fsp3) is 0.0526. The van der Waals surface area contributed by atoms with Gasteiger partial charge in [0.1, 0.15) is 11.3 Å². The van der Waals surface area contributed by atoms with E-state index in [-0.39, 0.29) is 22.4 Å². The van der Waals surface area contributed by atoms with Crippen LogP contribution in [0.2, 0.25) is 0 Å². The first-order valence-electron chi connectivity index (χ1n) is 30.0. The number of rotatable bonds is 4. The lowest BCUT2D eigenvalue weighted by atomic mass is 9.44.